The Kier molecular flexibility index (Phi) is 6.05. The van der Waals surface area contributed by atoms with Gasteiger partial charge in [0, 0.05) is 42.0 Å². The van der Waals surface area contributed by atoms with Crippen LogP contribution in [0.4, 0.5) is 11.5 Å². The van der Waals surface area contributed by atoms with Crippen molar-refractivity contribution in [3.8, 4) is 23.2 Å². The molecule has 10 nitrogen and oxygen atoms in total. The number of hydrogen-bond acceptors (Lipinski definition) is 9. The van der Waals surface area contributed by atoms with Gasteiger partial charge in [0.1, 0.15) is 28.7 Å². The van der Waals surface area contributed by atoms with Crippen molar-refractivity contribution in [1.29, 1.82) is 5.26 Å². The lowest BCUT2D eigenvalue weighted by Gasteiger charge is -2.29. The van der Waals surface area contributed by atoms with Crippen LogP contribution in [0.5, 0.6) is 5.88 Å². The average Bonchev–Trinajstić information content (AvgIpc) is 3.32. The first-order valence-electron chi connectivity index (χ1n) is 11.2. The molecule has 4 aromatic rings. The lowest BCUT2D eigenvalue weighted by molar-refractivity contribution is 0.395. The van der Waals surface area contributed by atoms with E-state index in [0.29, 0.717) is 52.9 Å². The highest BCUT2D eigenvalue weighted by atomic mass is 32.2. The molecule has 1 saturated heterocycles. The molecule has 0 amide bonds. The van der Waals surface area contributed by atoms with Gasteiger partial charge in [0.25, 0.3) is 0 Å². The second kappa shape index (κ2) is 9.31. The van der Waals surface area contributed by atoms with Crippen molar-refractivity contribution < 1.29 is 8.95 Å². The van der Waals surface area contributed by atoms with Gasteiger partial charge in [-0.05, 0) is 30.7 Å². The predicted octanol–water partition coefficient (Wildman–Crippen LogP) is 3.25. The fourth-order valence-corrected chi connectivity index (χ4v) is 5.89. The van der Waals surface area contributed by atoms with Gasteiger partial charge in [-0.2, -0.15) is 14.7 Å². The van der Waals surface area contributed by atoms with Gasteiger partial charge in [-0.1, -0.05) is 6.92 Å². The molecule has 0 atom stereocenters. The van der Waals surface area contributed by atoms with E-state index in [1.54, 1.807) is 23.1 Å². The summed E-state index contributed by atoms with van der Waals surface area (Å²) < 4.78 is 24.7. The molecule has 0 unspecified atom stereocenters. The molecule has 11 heteroatoms. The zero-order valence-electron chi connectivity index (χ0n) is 19.5. The van der Waals surface area contributed by atoms with Crippen molar-refractivity contribution in [1.82, 2.24) is 24.6 Å². The molecule has 0 aromatic carbocycles. The van der Waals surface area contributed by atoms with Crippen molar-refractivity contribution >= 4 is 26.8 Å². The topological polar surface area (TPSA) is 122 Å². The third-order valence-electron chi connectivity index (χ3n) is 5.95. The Morgan fingerprint density at radius 3 is 2.60 bits per heavy atom. The predicted molar refractivity (Wildman–Crippen MR) is 133 cm³/mol. The second-order valence-electron chi connectivity index (χ2n) is 8.12. The zero-order valence-corrected chi connectivity index (χ0v) is 20.3. The Morgan fingerprint density at radius 2 is 1.97 bits per heavy atom. The number of ether oxygens (including phenoxy) is 1. The lowest BCUT2D eigenvalue weighted by Crippen LogP contribution is -2.40. The molecule has 178 valence electrons. The molecule has 4 aromatic heterocycles. The maximum Gasteiger partial charge on any atom is 0.232 e. The Morgan fingerprint density at radius 1 is 1.14 bits per heavy atom. The van der Waals surface area contributed by atoms with E-state index in [2.05, 4.69) is 35.4 Å². The van der Waals surface area contributed by atoms with Crippen LogP contribution in [0.1, 0.15) is 18.2 Å². The number of methoxy groups -OCH3 is 1. The highest BCUT2D eigenvalue weighted by Crippen LogP contribution is 2.28. The monoisotopic (exact) mass is 488 g/mol. The van der Waals surface area contributed by atoms with Crippen LogP contribution >= 0.6 is 0 Å². The number of nitrogens with zero attached hydrogens (tertiary/aromatic N) is 8. The van der Waals surface area contributed by atoms with Crippen LogP contribution < -0.4 is 9.64 Å². The Bertz CT molecular complexity index is 1520. The molecule has 35 heavy (non-hydrogen) atoms. The lowest BCUT2D eigenvalue weighted by atomic mass is 10.1. The third-order valence-corrected chi connectivity index (χ3v) is 8.14. The van der Waals surface area contributed by atoms with Gasteiger partial charge in [-0.3, -0.25) is 4.98 Å². The first kappa shape index (κ1) is 22.7. The van der Waals surface area contributed by atoms with Crippen molar-refractivity contribution in [2.75, 3.05) is 36.6 Å². The molecular formula is C24H24N8O2S. The summed E-state index contributed by atoms with van der Waals surface area (Å²) >= 11 is 0. The summed E-state index contributed by atoms with van der Waals surface area (Å²) in [5, 5.41) is 13.7. The van der Waals surface area contributed by atoms with E-state index in [9.17, 15) is 9.47 Å². The van der Waals surface area contributed by atoms with E-state index in [-0.39, 0.29) is 0 Å². The molecule has 1 aliphatic rings. The fraction of sp³-hybridized carbons (Fsp3) is 0.292. The number of nitriles is 1. The largest absolute Gasteiger partial charge is 0.480 e. The number of pyridine rings is 2. The van der Waals surface area contributed by atoms with Crippen LogP contribution in [-0.4, -0.2) is 60.5 Å². The quantitative estimate of drug-likeness (QED) is 0.420. The van der Waals surface area contributed by atoms with Crippen LogP contribution in [0, 0.1) is 11.3 Å². The first-order valence-corrected chi connectivity index (χ1v) is 13.1. The summed E-state index contributed by atoms with van der Waals surface area (Å²) in [7, 11) is -0.804. The van der Waals surface area contributed by atoms with E-state index < -0.39 is 9.73 Å². The minimum absolute atomic E-state index is 0.387. The van der Waals surface area contributed by atoms with Crippen molar-refractivity contribution in [3.05, 3.63) is 60.3 Å². The standard InChI is InChI=1S/C24H24N8O2S/c1-3-19-5-6-20(15-26-19)30-35(33)10-8-31(9-11-35)21-7-4-17(13-27-21)23-24-18(12-25)14-28-32(24)16-22(29-23)34-2/h4-7,13-16H,3,8-11H2,1-2H3. The van der Waals surface area contributed by atoms with Crippen LogP contribution in [0.25, 0.3) is 16.8 Å². The Labute approximate surface area is 203 Å². The van der Waals surface area contributed by atoms with Crippen molar-refractivity contribution in [3.63, 3.8) is 0 Å². The maximum atomic E-state index is 13.3. The third kappa shape index (κ3) is 4.52. The number of hydrogen-bond donors (Lipinski definition) is 0. The van der Waals surface area contributed by atoms with Crippen LogP contribution in [-0.2, 0) is 16.1 Å². The maximum absolute atomic E-state index is 13.3. The number of rotatable bonds is 5. The molecule has 0 radical (unpaired) electrons. The molecular weight excluding hydrogens is 464 g/mol. The van der Waals surface area contributed by atoms with E-state index in [0.717, 1.165) is 23.5 Å². The highest BCUT2D eigenvalue weighted by Gasteiger charge is 2.22. The number of fused-ring (bicyclic) bond motifs is 1. The molecule has 1 aliphatic heterocycles. The van der Waals surface area contributed by atoms with Gasteiger partial charge in [-0.25, -0.2) is 18.7 Å². The van der Waals surface area contributed by atoms with E-state index in [4.69, 9.17) is 4.74 Å². The minimum atomic E-state index is -2.34. The zero-order chi connectivity index (χ0) is 24.4. The van der Waals surface area contributed by atoms with Gasteiger partial charge in [0.2, 0.25) is 5.88 Å². The highest BCUT2D eigenvalue weighted by molar-refractivity contribution is 7.93. The van der Waals surface area contributed by atoms with Gasteiger partial charge in [-0.15, -0.1) is 0 Å². The molecule has 0 bridgehead atoms. The second-order valence-corrected chi connectivity index (χ2v) is 10.7. The van der Waals surface area contributed by atoms with Gasteiger partial charge >= 0.3 is 0 Å². The number of aryl methyl sites for hydroxylation is 1. The summed E-state index contributed by atoms with van der Waals surface area (Å²) in [4.78, 5) is 15.6. The molecule has 1 fully saturated rings. The Balaban J connectivity index is 1.36. The van der Waals surface area contributed by atoms with Gasteiger partial charge < -0.3 is 9.64 Å². The number of anilines is 1. The van der Waals surface area contributed by atoms with Gasteiger partial charge in [0.15, 0.2) is 0 Å². The van der Waals surface area contributed by atoms with E-state index in [1.165, 1.54) is 13.3 Å². The molecule has 0 aliphatic carbocycles. The smallest absolute Gasteiger partial charge is 0.232 e. The van der Waals surface area contributed by atoms with Crippen molar-refractivity contribution in [2.24, 2.45) is 4.36 Å². The fourth-order valence-electron chi connectivity index (χ4n) is 4.00. The van der Waals surface area contributed by atoms with E-state index >= 15 is 0 Å². The molecule has 5 rings (SSSR count). The van der Waals surface area contributed by atoms with Crippen LogP contribution in [0.15, 0.2) is 53.4 Å². The van der Waals surface area contributed by atoms with E-state index in [1.807, 2.05) is 31.2 Å². The molecule has 0 spiro atoms. The van der Waals surface area contributed by atoms with Crippen LogP contribution in [0.2, 0.25) is 0 Å². The Hall–Kier alpha value is -4.04. The van der Waals surface area contributed by atoms with Crippen LogP contribution in [0.3, 0.4) is 0 Å². The molecule has 0 N–H and O–H groups in total. The van der Waals surface area contributed by atoms with Gasteiger partial charge in [0.05, 0.1) is 41.1 Å². The molecule has 0 saturated carbocycles. The summed E-state index contributed by atoms with van der Waals surface area (Å²) in [6, 6.07) is 9.79. The summed E-state index contributed by atoms with van der Waals surface area (Å²) in [6.45, 7) is 3.24. The average molecular weight is 489 g/mol. The summed E-state index contributed by atoms with van der Waals surface area (Å²) in [5.74, 6) is 2.10. The normalized spacial score (nSPS) is 15.1. The summed E-state index contributed by atoms with van der Waals surface area (Å²) in [6.07, 6.45) is 7.41. The SMILES string of the molecule is CCc1ccc(N=S2(=O)CCN(c3ccc(-c4nc(OC)cn5ncc(C#N)c45)cn3)CC2)cn1. The van der Waals surface area contributed by atoms with Crippen molar-refractivity contribution in [2.45, 2.75) is 13.3 Å². The molecule has 5 heterocycles. The minimum Gasteiger partial charge on any atom is -0.480 e. The number of aromatic nitrogens is 5. The summed E-state index contributed by atoms with van der Waals surface area (Å²) in [5.41, 5.74) is 3.99. The first-order chi connectivity index (χ1) is 17.0.